The summed E-state index contributed by atoms with van der Waals surface area (Å²) in [6, 6.07) is -0.222. The van der Waals surface area contributed by atoms with Crippen molar-refractivity contribution in [2.75, 3.05) is 20.1 Å². The lowest BCUT2D eigenvalue weighted by atomic mass is 10.1. The van der Waals surface area contributed by atoms with Crippen molar-refractivity contribution < 1.29 is 19.5 Å². The molecule has 0 aromatic carbocycles. The van der Waals surface area contributed by atoms with Crippen LogP contribution in [0, 0.1) is 0 Å². The van der Waals surface area contributed by atoms with Crippen LogP contribution in [-0.4, -0.2) is 54.1 Å². The first kappa shape index (κ1) is 16.3. The molecule has 1 atom stereocenters. The van der Waals surface area contributed by atoms with E-state index in [2.05, 4.69) is 10.6 Å². The Morgan fingerprint density at radius 3 is 2.75 bits per heavy atom. The van der Waals surface area contributed by atoms with Crippen molar-refractivity contribution in [3.05, 3.63) is 0 Å². The van der Waals surface area contributed by atoms with Gasteiger partial charge >= 0.3 is 12.0 Å². The number of carbonyl (C=O) groups excluding carboxylic acids is 2. The fourth-order valence-electron chi connectivity index (χ4n) is 2.15. The summed E-state index contributed by atoms with van der Waals surface area (Å²) in [5, 5.41) is 14.1. The quantitative estimate of drug-likeness (QED) is 0.595. The second-order valence-electron chi connectivity index (χ2n) is 5.11. The number of unbranched alkanes of at least 4 members (excludes halogenated alkanes) is 2. The summed E-state index contributed by atoms with van der Waals surface area (Å²) < 4.78 is 0. The van der Waals surface area contributed by atoms with Crippen molar-refractivity contribution in [1.29, 1.82) is 0 Å². The Labute approximate surface area is 118 Å². The van der Waals surface area contributed by atoms with Gasteiger partial charge in [-0.15, -0.1) is 0 Å². The van der Waals surface area contributed by atoms with Gasteiger partial charge in [0.25, 0.3) is 0 Å². The van der Waals surface area contributed by atoms with Crippen LogP contribution in [0.2, 0.25) is 0 Å². The SMILES string of the molecule is CN1CC(NC(=O)NCCCCCC(=O)O)CCC1=O. The van der Waals surface area contributed by atoms with E-state index in [1.165, 1.54) is 0 Å². The van der Waals surface area contributed by atoms with Gasteiger partial charge in [0.15, 0.2) is 0 Å². The highest BCUT2D eigenvalue weighted by molar-refractivity contribution is 5.78. The molecule has 0 spiro atoms. The molecule has 1 aliphatic rings. The number of hydrogen-bond donors (Lipinski definition) is 3. The highest BCUT2D eigenvalue weighted by atomic mass is 16.4. The molecular formula is C13H23N3O4. The van der Waals surface area contributed by atoms with Gasteiger partial charge in [0, 0.05) is 39.0 Å². The summed E-state index contributed by atoms with van der Waals surface area (Å²) >= 11 is 0. The van der Waals surface area contributed by atoms with E-state index in [1.54, 1.807) is 11.9 Å². The van der Waals surface area contributed by atoms with Gasteiger partial charge < -0.3 is 20.6 Å². The smallest absolute Gasteiger partial charge is 0.315 e. The zero-order chi connectivity index (χ0) is 15.0. The van der Waals surface area contributed by atoms with Gasteiger partial charge in [-0.3, -0.25) is 9.59 Å². The summed E-state index contributed by atoms with van der Waals surface area (Å²) in [5.74, 6) is -0.673. The Hall–Kier alpha value is -1.79. The minimum Gasteiger partial charge on any atom is -0.481 e. The maximum absolute atomic E-state index is 11.6. The molecule has 0 aromatic rings. The van der Waals surface area contributed by atoms with E-state index in [-0.39, 0.29) is 24.4 Å². The number of hydrogen-bond acceptors (Lipinski definition) is 3. The number of carboxylic acid groups (broad SMARTS) is 1. The Kier molecular flexibility index (Phi) is 6.83. The lowest BCUT2D eigenvalue weighted by molar-refractivity contribution is -0.137. The second kappa shape index (κ2) is 8.39. The van der Waals surface area contributed by atoms with Gasteiger partial charge in [-0.05, 0) is 19.3 Å². The average molecular weight is 285 g/mol. The van der Waals surface area contributed by atoms with E-state index >= 15 is 0 Å². The van der Waals surface area contributed by atoms with Gasteiger partial charge in [-0.25, -0.2) is 4.79 Å². The molecule has 0 saturated carbocycles. The molecule has 1 rings (SSSR count). The Morgan fingerprint density at radius 1 is 1.35 bits per heavy atom. The Balaban J connectivity index is 2.06. The first-order valence-corrected chi connectivity index (χ1v) is 6.99. The predicted octanol–water partition coefficient (Wildman–Crippen LogP) is 0.551. The Morgan fingerprint density at radius 2 is 2.10 bits per heavy atom. The third-order valence-electron chi connectivity index (χ3n) is 3.31. The van der Waals surface area contributed by atoms with Crippen molar-refractivity contribution in [3.63, 3.8) is 0 Å². The summed E-state index contributed by atoms with van der Waals surface area (Å²) in [6.45, 7) is 1.08. The fraction of sp³-hybridized carbons (Fsp3) is 0.769. The molecule has 0 aromatic heterocycles. The van der Waals surface area contributed by atoms with Gasteiger partial charge in [0.1, 0.15) is 0 Å². The van der Waals surface area contributed by atoms with Crippen molar-refractivity contribution >= 4 is 17.9 Å². The van der Waals surface area contributed by atoms with E-state index in [9.17, 15) is 14.4 Å². The third kappa shape index (κ3) is 6.40. The van der Waals surface area contributed by atoms with Crippen molar-refractivity contribution in [1.82, 2.24) is 15.5 Å². The first-order valence-electron chi connectivity index (χ1n) is 6.99. The summed E-state index contributed by atoms with van der Waals surface area (Å²) in [4.78, 5) is 34.9. The average Bonchev–Trinajstić information content (AvgIpc) is 2.38. The normalized spacial score (nSPS) is 18.8. The van der Waals surface area contributed by atoms with E-state index in [0.29, 0.717) is 32.4 Å². The number of likely N-dealkylation sites (tertiary alicyclic amines) is 1. The number of aliphatic carboxylic acids is 1. The highest BCUT2D eigenvalue weighted by Crippen LogP contribution is 2.09. The molecule has 1 heterocycles. The molecule has 0 bridgehead atoms. The molecule has 114 valence electrons. The van der Waals surface area contributed by atoms with Gasteiger partial charge in [0.05, 0.1) is 0 Å². The minimum atomic E-state index is -0.785. The fourth-order valence-corrected chi connectivity index (χ4v) is 2.15. The standard InChI is InChI=1S/C13H23N3O4/c1-16-9-10(6-7-11(16)17)15-13(20)14-8-4-2-3-5-12(18)19/h10H,2-9H2,1H3,(H,18,19)(H2,14,15,20). The van der Waals surface area contributed by atoms with Gasteiger partial charge in [-0.2, -0.15) is 0 Å². The van der Waals surface area contributed by atoms with Crippen molar-refractivity contribution in [3.8, 4) is 0 Å². The number of rotatable bonds is 7. The molecule has 1 unspecified atom stereocenters. The number of nitrogens with one attached hydrogen (secondary N) is 2. The number of carboxylic acids is 1. The molecule has 0 radical (unpaired) electrons. The number of likely N-dealkylation sites (N-methyl/N-ethyl adjacent to an activating group) is 1. The summed E-state index contributed by atoms with van der Waals surface area (Å²) in [6.07, 6.45) is 3.51. The number of carbonyl (C=O) groups is 3. The lowest BCUT2D eigenvalue weighted by Crippen LogP contribution is -2.51. The second-order valence-corrected chi connectivity index (χ2v) is 5.11. The van der Waals surface area contributed by atoms with Crippen LogP contribution in [-0.2, 0) is 9.59 Å². The number of piperidine rings is 1. The van der Waals surface area contributed by atoms with Gasteiger partial charge in [0.2, 0.25) is 5.91 Å². The lowest BCUT2D eigenvalue weighted by Gasteiger charge is -2.30. The minimum absolute atomic E-state index is 0.00436. The first-order chi connectivity index (χ1) is 9.49. The predicted molar refractivity (Wildman–Crippen MR) is 73.3 cm³/mol. The molecule has 1 fully saturated rings. The van der Waals surface area contributed by atoms with Crippen molar-refractivity contribution in [2.24, 2.45) is 0 Å². The van der Waals surface area contributed by atoms with Crippen LogP contribution in [0.1, 0.15) is 38.5 Å². The number of urea groups is 1. The molecular weight excluding hydrogens is 262 g/mol. The van der Waals surface area contributed by atoms with E-state index in [0.717, 1.165) is 12.8 Å². The monoisotopic (exact) mass is 285 g/mol. The largest absolute Gasteiger partial charge is 0.481 e. The third-order valence-corrected chi connectivity index (χ3v) is 3.31. The molecule has 20 heavy (non-hydrogen) atoms. The molecule has 1 saturated heterocycles. The highest BCUT2D eigenvalue weighted by Gasteiger charge is 2.23. The van der Waals surface area contributed by atoms with Crippen LogP contribution >= 0.6 is 0 Å². The van der Waals surface area contributed by atoms with Gasteiger partial charge in [-0.1, -0.05) is 6.42 Å². The van der Waals surface area contributed by atoms with Crippen LogP contribution < -0.4 is 10.6 Å². The molecule has 7 nitrogen and oxygen atoms in total. The topological polar surface area (TPSA) is 98.7 Å². The van der Waals surface area contributed by atoms with Crippen LogP contribution in [0.4, 0.5) is 4.79 Å². The molecule has 7 heteroatoms. The van der Waals surface area contributed by atoms with Crippen molar-refractivity contribution in [2.45, 2.75) is 44.6 Å². The number of nitrogens with zero attached hydrogens (tertiary/aromatic N) is 1. The van der Waals surface area contributed by atoms with E-state index in [1.807, 2.05) is 0 Å². The molecule has 1 aliphatic heterocycles. The Bertz CT molecular complexity index is 360. The van der Waals surface area contributed by atoms with E-state index < -0.39 is 5.97 Å². The van der Waals surface area contributed by atoms with Crippen LogP contribution in [0.15, 0.2) is 0 Å². The maximum Gasteiger partial charge on any atom is 0.315 e. The number of amides is 3. The van der Waals surface area contributed by atoms with Crippen LogP contribution in [0.5, 0.6) is 0 Å². The van der Waals surface area contributed by atoms with Crippen LogP contribution in [0.3, 0.4) is 0 Å². The van der Waals surface area contributed by atoms with Crippen LogP contribution in [0.25, 0.3) is 0 Å². The maximum atomic E-state index is 11.6. The molecule has 3 N–H and O–H groups in total. The molecule has 0 aliphatic carbocycles. The zero-order valence-corrected chi connectivity index (χ0v) is 11.9. The van der Waals surface area contributed by atoms with E-state index in [4.69, 9.17) is 5.11 Å². The summed E-state index contributed by atoms with van der Waals surface area (Å²) in [7, 11) is 1.73. The zero-order valence-electron chi connectivity index (χ0n) is 11.9. The summed E-state index contributed by atoms with van der Waals surface area (Å²) in [5.41, 5.74) is 0. The molecule has 3 amide bonds.